The van der Waals surface area contributed by atoms with Gasteiger partial charge in [-0.1, -0.05) is 0 Å². The van der Waals surface area contributed by atoms with E-state index in [-0.39, 0.29) is 11.6 Å². The van der Waals surface area contributed by atoms with E-state index in [1.165, 1.54) is 0 Å². The maximum Gasteiger partial charge on any atom is 0.410 e. The Kier molecular flexibility index (Phi) is 2.15. The van der Waals surface area contributed by atoms with E-state index in [0.717, 1.165) is 32.5 Å². The molecule has 0 saturated carbocycles. The summed E-state index contributed by atoms with van der Waals surface area (Å²) in [5, 5.41) is 3.28. The molecule has 0 aromatic carbocycles. The molecule has 74 valence electrons. The minimum Gasteiger partial charge on any atom is -0.449 e. The van der Waals surface area contributed by atoms with Gasteiger partial charge in [0.25, 0.3) is 0 Å². The molecule has 2 aliphatic rings. The molecule has 1 N–H and O–H groups in total. The Balaban J connectivity index is 2.08. The Hall–Kier alpha value is -0.770. The highest BCUT2D eigenvalue weighted by Crippen LogP contribution is 2.25. The smallest absolute Gasteiger partial charge is 0.410 e. The van der Waals surface area contributed by atoms with Crippen molar-refractivity contribution in [2.75, 3.05) is 26.2 Å². The van der Waals surface area contributed by atoms with Gasteiger partial charge in [0.1, 0.15) is 0 Å². The molecular weight excluding hydrogens is 168 g/mol. The molecule has 0 aromatic rings. The SMILES string of the molecule is CC1(N2CCCOC2=O)CCNC1. The quantitative estimate of drug-likeness (QED) is 0.648. The predicted molar refractivity (Wildman–Crippen MR) is 48.6 cm³/mol. The molecule has 0 radical (unpaired) electrons. The average Bonchev–Trinajstić information content (AvgIpc) is 2.54. The zero-order valence-corrected chi connectivity index (χ0v) is 8.01. The van der Waals surface area contributed by atoms with Crippen molar-refractivity contribution in [3.8, 4) is 0 Å². The number of ether oxygens (including phenoxy) is 1. The third-order valence-electron chi connectivity index (χ3n) is 2.97. The maximum absolute atomic E-state index is 11.5. The summed E-state index contributed by atoms with van der Waals surface area (Å²) in [6.45, 7) is 5.44. The van der Waals surface area contributed by atoms with Crippen LogP contribution in [0.2, 0.25) is 0 Å². The number of carbonyl (C=O) groups excluding carboxylic acids is 1. The van der Waals surface area contributed by atoms with Crippen LogP contribution in [0, 0.1) is 0 Å². The van der Waals surface area contributed by atoms with E-state index in [9.17, 15) is 4.79 Å². The summed E-state index contributed by atoms with van der Waals surface area (Å²) in [5.41, 5.74) is -0.0164. The van der Waals surface area contributed by atoms with Gasteiger partial charge >= 0.3 is 6.09 Å². The van der Waals surface area contributed by atoms with Gasteiger partial charge in [-0.15, -0.1) is 0 Å². The van der Waals surface area contributed by atoms with Gasteiger partial charge in [0.15, 0.2) is 0 Å². The molecule has 2 fully saturated rings. The molecule has 1 unspecified atom stereocenters. The molecule has 0 aliphatic carbocycles. The summed E-state index contributed by atoms with van der Waals surface area (Å²) in [7, 11) is 0. The zero-order chi connectivity index (χ0) is 9.31. The van der Waals surface area contributed by atoms with Gasteiger partial charge in [0.05, 0.1) is 12.1 Å². The molecule has 13 heavy (non-hydrogen) atoms. The van der Waals surface area contributed by atoms with Gasteiger partial charge < -0.3 is 15.0 Å². The Morgan fingerprint density at radius 3 is 3.08 bits per heavy atom. The van der Waals surface area contributed by atoms with Crippen LogP contribution in [0.1, 0.15) is 19.8 Å². The molecule has 1 atom stereocenters. The summed E-state index contributed by atoms with van der Waals surface area (Å²) in [6.07, 6.45) is 1.85. The van der Waals surface area contributed by atoms with Crippen LogP contribution in [-0.2, 0) is 4.74 Å². The highest BCUT2D eigenvalue weighted by atomic mass is 16.6. The molecule has 2 heterocycles. The van der Waals surface area contributed by atoms with Gasteiger partial charge in [-0.25, -0.2) is 4.79 Å². The highest BCUT2D eigenvalue weighted by molar-refractivity contribution is 5.69. The van der Waals surface area contributed by atoms with E-state index in [0.29, 0.717) is 6.61 Å². The van der Waals surface area contributed by atoms with Crippen molar-refractivity contribution in [1.82, 2.24) is 10.2 Å². The van der Waals surface area contributed by atoms with Crippen LogP contribution in [0.15, 0.2) is 0 Å². The van der Waals surface area contributed by atoms with E-state index in [4.69, 9.17) is 4.74 Å². The van der Waals surface area contributed by atoms with Crippen LogP contribution < -0.4 is 5.32 Å². The summed E-state index contributed by atoms with van der Waals surface area (Å²) in [6, 6.07) is 0. The Labute approximate surface area is 78.2 Å². The predicted octanol–water partition coefficient (Wildman–Crippen LogP) is 0.581. The van der Waals surface area contributed by atoms with Gasteiger partial charge in [-0.05, 0) is 26.3 Å². The van der Waals surface area contributed by atoms with Crippen molar-refractivity contribution < 1.29 is 9.53 Å². The van der Waals surface area contributed by atoms with Gasteiger partial charge in [-0.2, -0.15) is 0 Å². The first-order chi connectivity index (χ1) is 6.22. The number of rotatable bonds is 1. The number of hydrogen-bond acceptors (Lipinski definition) is 3. The third-order valence-corrected chi connectivity index (χ3v) is 2.97. The molecule has 0 bridgehead atoms. The van der Waals surface area contributed by atoms with Gasteiger partial charge in [-0.3, -0.25) is 0 Å². The van der Waals surface area contributed by atoms with Crippen molar-refractivity contribution in [3.05, 3.63) is 0 Å². The number of amides is 1. The highest BCUT2D eigenvalue weighted by Gasteiger charge is 2.39. The standard InChI is InChI=1S/C9H16N2O2/c1-9(3-4-10-7-9)11-5-2-6-13-8(11)12/h10H,2-7H2,1H3. The lowest BCUT2D eigenvalue weighted by Gasteiger charge is -2.39. The first-order valence-corrected chi connectivity index (χ1v) is 4.87. The van der Waals surface area contributed by atoms with E-state index in [1.807, 2.05) is 4.90 Å². The molecule has 4 heteroatoms. The van der Waals surface area contributed by atoms with E-state index in [2.05, 4.69) is 12.2 Å². The Bertz CT molecular complexity index is 212. The fourth-order valence-corrected chi connectivity index (χ4v) is 2.08. The van der Waals surface area contributed by atoms with Crippen LogP contribution >= 0.6 is 0 Å². The lowest BCUT2D eigenvalue weighted by molar-refractivity contribution is 0.0316. The summed E-state index contributed by atoms with van der Waals surface area (Å²) >= 11 is 0. The molecular formula is C9H16N2O2. The Morgan fingerprint density at radius 2 is 2.46 bits per heavy atom. The van der Waals surface area contributed by atoms with Crippen molar-refractivity contribution in [2.24, 2.45) is 0 Å². The van der Waals surface area contributed by atoms with Crippen molar-refractivity contribution >= 4 is 6.09 Å². The van der Waals surface area contributed by atoms with E-state index < -0.39 is 0 Å². The molecule has 2 aliphatic heterocycles. The van der Waals surface area contributed by atoms with Gasteiger partial charge in [0, 0.05) is 13.1 Å². The minimum absolute atomic E-state index is 0.0164. The first kappa shape index (κ1) is 8.81. The zero-order valence-electron chi connectivity index (χ0n) is 8.01. The van der Waals surface area contributed by atoms with E-state index in [1.54, 1.807) is 0 Å². The summed E-state index contributed by atoms with van der Waals surface area (Å²) in [4.78, 5) is 13.3. The third kappa shape index (κ3) is 1.50. The molecule has 0 spiro atoms. The van der Waals surface area contributed by atoms with Crippen LogP contribution in [0.4, 0.5) is 4.79 Å². The molecule has 2 rings (SSSR count). The summed E-state index contributed by atoms with van der Waals surface area (Å²) in [5.74, 6) is 0. The largest absolute Gasteiger partial charge is 0.449 e. The van der Waals surface area contributed by atoms with Crippen LogP contribution in [0.3, 0.4) is 0 Å². The second kappa shape index (κ2) is 3.18. The van der Waals surface area contributed by atoms with E-state index >= 15 is 0 Å². The number of nitrogens with one attached hydrogen (secondary N) is 1. The van der Waals surface area contributed by atoms with Crippen LogP contribution in [0.25, 0.3) is 0 Å². The molecule has 2 saturated heterocycles. The normalized spacial score (nSPS) is 34.8. The lowest BCUT2D eigenvalue weighted by Crippen LogP contribution is -2.53. The number of hydrogen-bond donors (Lipinski definition) is 1. The Morgan fingerprint density at radius 1 is 1.62 bits per heavy atom. The van der Waals surface area contributed by atoms with Crippen molar-refractivity contribution in [1.29, 1.82) is 0 Å². The second-order valence-electron chi connectivity index (χ2n) is 4.04. The fraction of sp³-hybridized carbons (Fsp3) is 0.889. The number of carbonyl (C=O) groups is 1. The van der Waals surface area contributed by atoms with Crippen molar-refractivity contribution in [3.63, 3.8) is 0 Å². The molecule has 1 amide bonds. The topological polar surface area (TPSA) is 41.6 Å². The molecule has 4 nitrogen and oxygen atoms in total. The minimum atomic E-state index is -0.141. The average molecular weight is 184 g/mol. The molecule has 0 aromatic heterocycles. The van der Waals surface area contributed by atoms with Crippen molar-refractivity contribution in [2.45, 2.75) is 25.3 Å². The fourth-order valence-electron chi connectivity index (χ4n) is 2.08. The number of nitrogens with zero attached hydrogens (tertiary/aromatic N) is 1. The second-order valence-corrected chi connectivity index (χ2v) is 4.04. The first-order valence-electron chi connectivity index (χ1n) is 4.87. The monoisotopic (exact) mass is 184 g/mol. The number of cyclic esters (lactones) is 1. The summed E-state index contributed by atoms with van der Waals surface area (Å²) < 4.78 is 5.03. The van der Waals surface area contributed by atoms with Crippen LogP contribution in [-0.4, -0.2) is 42.8 Å². The van der Waals surface area contributed by atoms with Gasteiger partial charge in [0.2, 0.25) is 0 Å². The lowest BCUT2D eigenvalue weighted by atomic mass is 9.99. The van der Waals surface area contributed by atoms with Crippen LogP contribution in [0.5, 0.6) is 0 Å². The maximum atomic E-state index is 11.5.